The summed E-state index contributed by atoms with van der Waals surface area (Å²) in [6, 6.07) is 5.78. The van der Waals surface area contributed by atoms with Crippen LogP contribution in [0.2, 0.25) is 0 Å². The van der Waals surface area contributed by atoms with Crippen LogP contribution in [0.3, 0.4) is 0 Å². The van der Waals surface area contributed by atoms with E-state index in [4.69, 9.17) is 0 Å². The molecule has 4 nitrogen and oxygen atoms in total. The fourth-order valence-corrected chi connectivity index (χ4v) is 1.80. The Hall–Kier alpha value is -2.30. The van der Waals surface area contributed by atoms with Gasteiger partial charge in [0.25, 0.3) is 0 Å². The summed E-state index contributed by atoms with van der Waals surface area (Å²) in [4.78, 5) is 6.01. The Bertz CT molecular complexity index is 572. The third-order valence-electron chi connectivity index (χ3n) is 2.79. The molecule has 0 amide bonds. The highest BCUT2D eigenvalue weighted by atomic mass is 19.1. The molecule has 2 N–H and O–H groups in total. The number of nitrogens with one attached hydrogen (secondary N) is 1. The fraction of sp³-hybridized carbons (Fsp3) is 0.214. The number of anilines is 2. The van der Waals surface area contributed by atoms with E-state index in [0.29, 0.717) is 12.1 Å². The second kappa shape index (κ2) is 5.56. The van der Waals surface area contributed by atoms with Crippen LogP contribution >= 0.6 is 0 Å². The van der Waals surface area contributed by atoms with Crippen LogP contribution in [0.4, 0.5) is 15.8 Å². The third-order valence-corrected chi connectivity index (χ3v) is 2.79. The van der Waals surface area contributed by atoms with Crippen molar-refractivity contribution in [3.05, 3.63) is 48.0 Å². The normalized spacial score (nSPS) is 10.3. The maximum absolute atomic E-state index is 13.1. The molecule has 19 heavy (non-hydrogen) atoms. The van der Waals surface area contributed by atoms with Gasteiger partial charge in [-0.3, -0.25) is 4.98 Å². The zero-order chi connectivity index (χ0) is 13.8. The lowest BCUT2D eigenvalue weighted by atomic mass is 10.2. The minimum Gasteiger partial charge on any atom is -0.508 e. The summed E-state index contributed by atoms with van der Waals surface area (Å²) in [6.07, 6.45) is 3.41. The number of rotatable bonds is 4. The highest BCUT2D eigenvalue weighted by Gasteiger charge is 2.06. The first-order valence-electron chi connectivity index (χ1n) is 5.90. The van der Waals surface area contributed by atoms with E-state index < -0.39 is 0 Å². The molecule has 0 unspecified atom stereocenters. The van der Waals surface area contributed by atoms with Crippen molar-refractivity contribution in [3.63, 3.8) is 0 Å². The van der Waals surface area contributed by atoms with Crippen LogP contribution in [0.5, 0.6) is 5.75 Å². The maximum atomic E-state index is 13.1. The van der Waals surface area contributed by atoms with Crippen molar-refractivity contribution in [2.45, 2.75) is 6.54 Å². The maximum Gasteiger partial charge on any atom is 0.123 e. The Morgan fingerprint density at radius 1 is 1.32 bits per heavy atom. The van der Waals surface area contributed by atoms with Crippen LogP contribution in [0.15, 0.2) is 36.7 Å². The predicted molar refractivity (Wildman–Crippen MR) is 74.0 cm³/mol. The van der Waals surface area contributed by atoms with E-state index in [1.54, 1.807) is 12.4 Å². The van der Waals surface area contributed by atoms with Crippen molar-refractivity contribution in [2.75, 3.05) is 24.3 Å². The SMILES string of the molecule is CN(C)c1ccncc1NCc1cc(F)ccc1O. The molecule has 0 spiro atoms. The smallest absolute Gasteiger partial charge is 0.123 e. The molecule has 0 saturated carbocycles. The quantitative estimate of drug-likeness (QED) is 0.888. The number of phenolic OH excluding ortho intramolecular Hbond substituents is 1. The summed E-state index contributed by atoms with van der Waals surface area (Å²) in [5, 5.41) is 12.8. The second-order valence-corrected chi connectivity index (χ2v) is 4.41. The lowest BCUT2D eigenvalue weighted by molar-refractivity contribution is 0.466. The van der Waals surface area contributed by atoms with Gasteiger partial charge in [-0.2, -0.15) is 0 Å². The van der Waals surface area contributed by atoms with Gasteiger partial charge in [-0.05, 0) is 24.3 Å². The van der Waals surface area contributed by atoms with E-state index in [9.17, 15) is 9.50 Å². The third kappa shape index (κ3) is 3.13. The second-order valence-electron chi connectivity index (χ2n) is 4.41. The fourth-order valence-electron chi connectivity index (χ4n) is 1.80. The van der Waals surface area contributed by atoms with Gasteiger partial charge in [-0.25, -0.2) is 4.39 Å². The molecule has 0 fully saturated rings. The summed E-state index contributed by atoms with van der Waals surface area (Å²) in [7, 11) is 3.86. The molecule has 0 radical (unpaired) electrons. The number of phenols is 1. The molecule has 0 aliphatic rings. The van der Waals surface area contributed by atoms with Gasteiger partial charge in [-0.15, -0.1) is 0 Å². The van der Waals surface area contributed by atoms with Crippen LogP contribution in [0.25, 0.3) is 0 Å². The number of benzene rings is 1. The van der Waals surface area contributed by atoms with Gasteiger partial charge < -0.3 is 15.3 Å². The summed E-state index contributed by atoms with van der Waals surface area (Å²) in [5.74, 6) is -0.294. The highest BCUT2D eigenvalue weighted by Crippen LogP contribution is 2.24. The van der Waals surface area contributed by atoms with Crippen molar-refractivity contribution in [1.82, 2.24) is 4.98 Å². The molecule has 0 aliphatic heterocycles. The van der Waals surface area contributed by atoms with Crippen molar-refractivity contribution < 1.29 is 9.50 Å². The number of aromatic hydroxyl groups is 1. The lowest BCUT2D eigenvalue weighted by Gasteiger charge is -2.18. The molecular formula is C14H16FN3O. The minimum absolute atomic E-state index is 0.0733. The van der Waals surface area contributed by atoms with Crippen LogP contribution in [-0.4, -0.2) is 24.2 Å². The van der Waals surface area contributed by atoms with Gasteiger partial charge in [-0.1, -0.05) is 0 Å². The number of hydrogen-bond acceptors (Lipinski definition) is 4. The molecule has 1 aromatic heterocycles. The van der Waals surface area contributed by atoms with Gasteiger partial charge in [0.2, 0.25) is 0 Å². The van der Waals surface area contributed by atoms with Gasteiger partial charge >= 0.3 is 0 Å². The van der Waals surface area contributed by atoms with Gasteiger partial charge in [0.1, 0.15) is 11.6 Å². The molecule has 1 aromatic carbocycles. The molecule has 100 valence electrons. The topological polar surface area (TPSA) is 48.4 Å². The predicted octanol–water partition coefficient (Wildman–Crippen LogP) is 2.60. The molecule has 0 aliphatic carbocycles. The summed E-state index contributed by atoms with van der Waals surface area (Å²) in [5.41, 5.74) is 2.32. The lowest BCUT2D eigenvalue weighted by Crippen LogP contribution is -2.12. The first-order chi connectivity index (χ1) is 9.08. The molecule has 0 atom stereocenters. The van der Waals surface area contributed by atoms with Gasteiger partial charge in [0.15, 0.2) is 0 Å². The Morgan fingerprint density at radius 3 is 2.84 bits per heavy atom. The van der Waals surface area contributed by atoms with Crippen molar-refractivity contribution >= 4 is 11.4 Å². The summed E-state index contributed by atoms with van der Waals surface area (Å²) < 4.78 is 13.1. The van der Waals surface area contributed by atoms with Gasteiger partial charge in [0, 0.05) is 32.4 Å². The molecule has 5 heteroatoms. The Labute approximate surface area is 111 Å². The molecule has 0 saturated heterocycles. The van der Waals surface area contributed by atoms with Crippen molar-refractivity contribution in [2.24, 2.45) is 0 Å². The first-order valence-corrected chi connectivity index (χ1v) is 5.90. The van der Waals surface area contributed by atoms with Crippen molar-refractivity contribution in [1.29, 1.82) is 0 Å². The average molecular weight is 261 g/mol. The monoisotopic (exact) mass is 261 g/mol. The van der Waals surface area contributed by atoms with Crippen LogP contribution < -0.4 is 10.2 Å². The van der Waals surface area contributed by atoms with E-state index in [1.807, 2.05) is 25.1 Å². The standard InChI is InChI=1S/C14H16FN3O/c1-18(2)13-5-6-16-9-12(13)17-8-10-7-11(15)3-4-14(10)19/h3-7,9,17,19H,8H2,1-2H3. The van der Waals surface area contributed by atoms with Crippen LogP contribution in [0, 0.1) is 5.82 Å². The van der Waals surface area contributed by atoms with Gasteiger partial charge in [0.05, 0.1) is 17.6 Å². The highest BCUT2D eigenvalue weighted by molar-refractivity contribution is 5.68. The minimum atomic E-state index is -0.367. The number of halogens is 1. The first kappa shape index (κ1) is 13.1. The Kier molecular flexibility index (Phi) is 3.85. The van der Waals surface area contributed by atoms with E-state index in [1.165, 1.54) is 18.2 Å². The molecule has 2 rings (SSSR count). The van der Waals surface area contributed by atoms with E-state index in [0.717, 1.165) is 11.4 Å². The Morgan fingerprint density at radius 2 is 2.11 bits per heavy atom. The summed E-state index contributed by atoms with van der Waals surface area (Å²) in [6.45, 7) is 0.329. The largest absolute Gasteiger partial charge is 0.508 e. The molecule has 1 heterocycles. The molecule has 2 aromatic rings. The van der Waals surface area contributed by atoms with Crippen LogP contribution in [-0.2, 0) is 6.54 Å². The number of aromatic nitrogens is 1. The van der Waals surface area contributed by atoms with E-state index >= 15 is 0 Å². The Balaban J connectivity index is 2.17. The van der Waals surface area contributed by atoms with E-state index in [-0.39, 0.29) is 11.6 Å². The molecule has 0 bridgehead atoms. The zero-order valence-corrected chi connectivity index (χ0v) is 10.9. The zero-order valence-electron chi connectivity index (χ0n) is 10.9. The molecular weight excluding hydrogens is 245 g/mol. The number of hydrogen-bond donors (Lipinski definition) is 2. The summed E-state index contributed by atoms with van der Waals surface area (Å²) >= 11 is 0. The average Bonchev–Trinajstić information content (AvgIpc) is 2.40. The van der Waals surface area contributed by atoms with E-state index in [2.05, 4.69) is 10.3 Å². The van der Waals surface area contributed by atoms with Crippen molar-refractivity contribution in [3.8, 4) is 5.75 Å². The number of nitrogens with zero attached hydrogens (tertiary/aromatic N) is 2. The number of pyridine rings is 1. The van der Waals surface area contributed by atoms with Crippen LogP contribution in [0.1, 0.15) is 5.56 Å².